The Labute approximate surface area is 164 Å². The zero-order valence-corrected chi connectivity index (χ0v) is 17.5. The largest absolute Gasteiger partial charge is 0.444 e. The summed E-state index contributed by atoms with van der Waals surface area (Å²) in [7, 11) is 0. The predicted molar refractivity (Wildman–Crippen MR) is 115 cm³/mol. The van der Waals surface area contributed by atoms with Crippen LogP contribution in [-0.2, 0) is 4.74 Å². The maximum Gasteiger partial charge on any atom is 0.410 e. The van der Waals surface area contributed by atoms with Crippen LogP contribution in [0.3, 0.4) is 0 Å². The van der Waals surface area contributed by atoms with Gasteiger partial charge in [-0.05, 0) is 56.4 Å². The average molecular weight is 371 g/mol. The highest BCUT2D eigenvalue weighted by Crippen LogP contribution is 2.34. The molecule has 2 rings (SSSR count). The van der Waals surface area contributed by atoms with E-state index in [-0.39, 0.29) is 6.09 Å². The summed E-state index contributed by atoms with van der Waals surface area (Å²) in [5.41, 5.74) is 4.18. The summed E-state index contributed by atoms with van der Waals surface area (Å²) in [6.07, 6.45) is 2.70. The quantitative estimate of drug-likeness (QED) is 0.691. The van der Waals surface area contributed by atoms with Crippen molar-refractivity contribution >= 4 is 23.4 Å². The summed E-state index contributed by atoms with van der Waals surface area (Å²) in [6, 6.07) is 6.43. The Balaban J connectivity index is 2.16. The van der Waals surface area contributed by atoms with Crippen LogP contribution in [0.25, 0.3) is 11.6 Å². The molecule has 1 atom stereocenters. The monoisotopic (exact) mass is 370 g/mol. The van der Waals surface area contributed by atoms with Crippen LogP contribution in [0.15, 0.2) is 31.4 Å². The average Bonchev–Trinajstić information content (AvgIpc) is 2.65. The van der Waals surface area contributed by atoms with Crippen LogP contribution in [0.1, 0.15) is 52.2 Å². The molecular weight excluding hydrogens is 336 g/mol. The first kappa shape index (κ1) is 21.1. The fourth-order valence-electron chi connectivity index (χ4n) is 3.18. The standard InChI is InChI=1S/C23H34N2O2/c1-8-17(3)18(4)20-16-19(9-2)10-11-21(20)24-12-14-25(15-13-24)22(26)27-23(5,6)7/h9-11,16-17H,2,4,8,12-15H2,1,3,5-7H3. The van der Waals surface area contributed by atoms with Crippen LogP contribution in [-0.4, -0.2) is 42.8 Å². The molecule has 4 nitrogen and oxygen atoms in total. The molecule has 1 saturated heterocycles. The van der Waals surface area contributed by atoms with Gasteiger partial charge in [0.2, 0.25) is 0 Å². The van der Waals surface area contributed by atoms with Gasteiger partial charge in [-0.2, -0.15) is 0 Å². The molecule has 1 aliphatic heterocycles. The molecule has 0 N–H and O–H groups in total. The summed E-state index contributed by atoms with van der Waals surface area (Å²) in [6.45, 7) is 21.2. The molecule has 1 heterocycles. The minimum Gasteiger partial charge on any atom is -0.444 e. The number of rotatable bonds is 5. The second-order valence-electron chi connectivity index (χ2n) is 8.27. The van der Waals surface area contributed by atoms with Crippen LogP contribution < -0.4 is 4.90 Å². The number of nitrogens with zero attached hydrogens (tertiary/aromatic N) is 2. The molecule has 27 heavy (non-hydrogen) atoms. The second kappa shape index (κ2) is 8.64. The number of hydrogen-bond donors (Lipinski definition) is 0. The van der Waals surface area contributed by atoms with Gasteiger partial charge in [-0.25, -0.2) is 4.79 Å². The number of piperazine rings is 1. The Bertz CT molecular complexity index is 695. The third-order valence-electron chi connectivity index (χ3n) is 5.08. The summed E-state index contributed by atoms with van der Waals surface area (Å²) >= 11 is 0. The molecule has 0 bridgehead atoms. The topological polar surface area (TPSA) is 32.8 Å². The molecule has 0 aliphatic carbocycles. The number of benzene rings is 1. The lowest BCUT2D eigenvalue weighted by Crippen LogP contribution is -2.50. The highest BCUT2D eigenvalue weighted by Gasteiger charge is 2.27. The van der Waals surface area contributed by atoms with Gasteiger partial charge >= 0.3 is 6.09 Å². The first-order valence-electron chi connectivity index (χ1n) is 9.84. The lowest BCUT2D eigenvalue weighted by Gasteiger charge is -2.38. The van der Waals surface area contributed by atoms with Crippen LogP contribution in [0.2, 0.25) is 0 Å². The van der Waals surface area contributed by atoms with Gasteiger partial charge in [0.05, 0.1) is 0 Å². The molecule has 0 saturated carbocycles. The van der Waals surface area contributed by atoms with E-state index in [1.807, 2.05) is 26.8 Å². The molecule has 1 amide bonds. The molecule has 1 fully saturated rings. The number of anilines is 1. The molecule has 0 radical (unpaired) electrons. The lowest BCUT2D eigenvalue weighted by atomic mass is 9.90. The van der Waals surface area contributed by atoms with Crippen molar-refractivity contribution in [3.05, 3.63) is 42.5 Å². The first-order valence-corrected chi connectivity index (χ1v) is 9.84. The Morgan fingerprint density at radius 2 is 1.89 bits per heavy atom. The number of amides is 1. The van der Waals surface area contributed by atoms with E-state index in [4.69, 9.17) is 4.74 Å². The first-order chi connectivity index (χ1) is 12.7. The van der Waals surface area contributed by atoms with Crippen molar-refractivity contribution in [2.24, 2.45) is 5.92 Å². The van der Waals surface area contributed by atoms with E-state index >= 15 is 0 Å². The number of carbonyl (C=O) groups excluding carboxylic acids is 1. The van der Waals surface area contributed by atoms with Crippen molar-refractivity contribution < 1.29 is 9.53 Å². The fourth-order valence-corrected chi connectivity index (χ4v) is 3.18. The Kier molecular flexibility index (Phi) is 6.74. The minimum absolute atomic E-state index is 0.228. The van der Waals surface area contributed by atoms with Crippen LogP contribution >= 0.6 is 0 Å². The summed E-state index contributed by atoms with van der Waals surface area (Å²) < 4.78 is 5.50. The zero-order chi connectivity index (χ0) is 20.2. The van der Waals surface area contributed by atoms with Crippen molar-refractivity contribution in [3.63, 3.8) is 0 Å². The van der Waals surface area contributed by atoms with E-state index in [1.165, 1.54) is 11.3 Å². The Hall–Kier alpha value is -2.23. The maximum atomic E-state index is 12.3. The van der Waals surface area contributed by atoms with Crippen molar-refractivity contribution in [1.29, 1.82) is 0 Å². The molecule has 1 aliphatic rings. The lowest BCUT2D eigenvalue weighted by molar-refractivity contribution is 0.0240. The number of carbonyl (C=O) groups is 1. The minimum atomic E-state index is -0.462. The van der Waals surface area contributed by atoms with Gasteiger partial charge in [-0.15, -0.1) is 0 Å². The SMILES string of the molecule is C=Cc1ccc(N2CCN(C(=O)OC(C)(C)C)CC2)c(C(=C)C(C)CC)c1. The zero-order valence-electron chi connectivity index (χ0n) is 17.5. The van der Waals surface area contributed by atoms with E-state index in [0.29, 0.717) is 19.0 Å². The Morgan fingerprint density at radius 1 is 1.26 bits per heavy atom. The van der Waals surface area contributed by atoms with E-state index in [0.717, 1.165) is 30.6 Å². The Morgan fingerprint density at radius 3 is 2.41 bits per heavy atom. The summed E-state index contributed by atoms with van der Waals surface area (Å²) in [4.78, 5) is 16.4. The number of allylic oxidation sites excluding steroid dienone is 1. The van der Waals surface area contributed by atoms with E-state index in [1.54, 1.807) is 4.90 Å². The van der Waals surface area contributed by atoms with Crippen LogP contribution in [0, 0.1) is 5.92 Å². The van der Waals surface area contributed by atoms with Gasteiger partial charge in [0.25, 0.3) is 0 Å². The maximum absolute atomic E-state index is 12.3. The normalized spacial score (nSPS) is 16.0. The van der Waals surface area contributed by atoms with Gasteiger partial charge in [0.1, 0.15) is 5.60 Å². The summed E-state index contributed by atoms with van der Waals surface area (Å²) in [5, 5.41) is 0. The number of ether oxygens (including phenoxy) is 1. The third-order valence-corrected chi connectivity index (χ3v) is 5.08. The van der Waals surface area contributed by atoms with Gasteiger partial charge in [0.15, 0.2) is 0 Å². The molecular formula is C23H34N2O2. The molecule has 148 valence electrons. The second-order valence-corrected chi connectivity index (χ2v) is 8.27. The van der Waals surface area contributed by atoms with Crippen molar-refractivity contribution in [3.8, 4) is 0 Å². The van der Waals surface area contributed by atoms with Crippen molar-refractivity contribution in [2.45, 2.75) is 46.6 Å². The van der Waals surface area contributed by atoms with Gasteiger partial charge < -0.3 is 14.5 Å². The molecule has 1 aromatic rings. The fraction of sp³-hybridized carbons (Fsp3) is 0.522. The van der Waals surface area contributed by atoms with Gasteiger partial charge in [-0.1, -0.05) is 39.1 Å². The van der Waals surface area contributed by atoms with E-state index in [2.05, 4.69) is 50.1 Å². The third kappa shape index (κ3) is 5.38. The number of hydrogen-bond acceptors (Lipinski definition) is 3. The van der Waals surface area contributed by atoms with Crippen molar-refractivity contribution in [1.82, 2.24) is 4.90 Å². The molecule has 0 spiro atoms. The smallest absolute Gasteiger partial charge is 0.410 e. The van der Waals surface area contributed by atoms with Gasteiger partial charge in [-0.3, -0.25) is 0 Å². The van der Waals surface area contributed by atoms with Crippen molar-refractivity contribution in [2.75, 3.05) is 31.1 Å². The highest BCUT2D eigenvalue weighted by atomic mass is 16.6. The highest BCUT2D eigenvalue weighted by molar-refractivity contribution is 5.79. The van der Waals surface area contributed by atoms with Crippen LogP contribution in [0.5, 0.6) is 0 Å². The molecule has 0 aromatic heterocycles. The van der Waals surface area contributed by atoms with E-state index in [9.17, 15) is 4.79 Å². The molecule has 1 unspecified atom stereocenters. The van der Waals surface area contributed by atoms with Crippen LogP contribution in [0.4, 0.5) is 10.5 Å². The van der Waals surface area contributed by atoms with Gasteiger partial charge in [0, 0.05) is 37.4 Å². The van der Waals surface area contributed by atoms with E-state index < -0.39 is 5.60 Å². The summed E-state index contributed by atoms with van der Waals surface area (Å²) in [5.74, 6) is 0.423. The molecule has 4 heteroatoms. The predicted octanol–water partition coefficient (Wildman–Crippen LogP) is 5.45. The molecule has 1 aromatic carbocycles.